The van der Waals surface area contributed by atoms with Gasteiger partial charge in [-0.05, 0) is 19.1 Å². The average molecular weight is 384 g/mol. The molecule has 1 atom stereocenters. The van der Waals surface area contributed by atoms with Crippen LogP contribution in [0.3, 0.4) is 0 Å². The number of hydrogen-bond acceptors (Lipinski definition) is 5. The normalized spacial score (nSPS) is 14.2. The van der Waals surface area contributed by atoms with Crippen LogP contribution in [0.25, 0.3) is 22.3 Å². The molecule has 2 N–H and O–H groups in total. The number of nitrogen functional groups attached to an aromatic ring is 1. The monoisotopic (exact) mass is 384 g/mol. The van der Waals surface area contributed by atoms with Gasteiger partial charge in [0, 0.05) is 11.1 Å². The zero-order valence-corrected chi connectivity index (χ0v) is 16.0. The van der Waals surface area contributed by atoms with Crippen LogP contribution in [0.2, 0.25) is 0 Å². The summed E-state index contributed by atoms with van der Waals surface area (Å²) in [5.41, 5.74) is 11.3. The van der Waals surface area contributed by atoms with Gasteiger partial charge in [-0.15, -0.1) is 0 Å². The fourth-order valence-electron chi connectivity index (χ4n) is 3.93. The summed E-state index contributed by atoms with van der Waals surface area (Å²) in [6.45, 7) is 2.80. The second-order valence-electron chi connectivity index (χ2n) is 7.23. The van der Waals surface area contributed by atoms with Gasteiger partial charge in [0.2, 0.25) is 11.9 Å². The molecule has 7 heteroatoms. The molecule has 1 aliphatic heterocycles. The summed E-state index contributed by atoms with van der Waals surface area (Å²) in [5, 5.41) is 0. The number of amides is 1. The first-order chi connectivity index (χ1) is 14.1. The molecular weight excluding hydrogens is 364 g/mol. The maximum Gasteiger partial charge on any atom is 0.246 e. The largest absolute Gasteiger partial charge is 0.368 e. The van der Waals surface area contributed by atoms with Crippen LogP contribution >= 0.6 is 0 Å². The molecule has 0 aliphatic carbocycles. The first kappa shape index (κ1) is 17.4. The van der Waals surface area contributed by atoms with Crippen molar-refractivity contribution in [3.05, 3.63) is 72.2 Å². The highest BCUT2D eigenvalue weighted by Crippen LogP contribution is 2.32. The van der Waals surface area contributed by atoms with Crippen molar-refractivity contribution in [2.75, 3.05) is 5.73 Å². The molecule has 0 spiro atoms. The van der Waals surface area contributed by atoms with Gasteiger partial charge < -0.3 is 15.2 Å². The molecule has 0 radical (unpaired) electrons. The highest BCUT2D eigenvalue weighted by atomic mass is 16.2. The second-order valence-corrected chi connectivity index (χ2v) is 7.23. The molecule has 2 aromatic heterocycles. The molecule has 144 valence electrons. The highest BCUT2D eigenvalue weighted by Gasteiger charge is 2.31. The van der Waals surface area contributed by atoms with Gasteiger partial charge in [-0.3, -0.25) is 4.79 Å². The fourth-order valence-corrected chi connectivity index (χ4v) is 3.93. The van der Waals surface area contributed by atoms with Gasteiger partial charge in [-0.1, -0.05) is 42.5 Å². The number of imidazole rings is 1. The summed E-state index contributed by atoms with van der Waals surface area (Å²) in [5.74, 6) is 0.245. The Morgan fingerprint density at radius 1 is 1.03 bits per heavy atom. The van der Waals surface area contributed by atoms with E-state index in [1.165, 1.54) is 0 Å². The van der Waals surface area contributed by atoms with E-state index in [4.69, 9.17) is 5.73 Å². The van der Waals surface area contributed by atoms with Crippen molar-refractivity contribution in [2.24, 2.45) is 0 Å². The minimum atomic E-state index is -0.373. The molecule has 3 heterocycles. The quantitative estimate of drug-likeness (QED) is 0.586. The number of para-hydroxylation sites is 2. The van der Waals surface area contributed by atoms with E-state index in [0.29, 0.717) is 13.1 Å². The predicted molar refractivity (Wildman–Crippen MR) is 111 cm³/mol. The van der Waals surface area contributed by atoms with E-state index in [1.807, 2.05) is 71.0 Å². The van der Waals surface area contributed by atoms with Crippen molar-refractivity contribution in [1.29, 1.82) is 0 Å². The number of nitrogens with zero attached hydrogens (tertiary/aromatic N) is 5. The number of anilines is 1. The molecule has 4 aromatic rings. The number of fused-ring (bicyclic) bond motifs is 2. The van der Waals surface area contributed by atoms with Crippen LogP contribution in [0.15, 0.2) is 60.9 Å². The van der Waals surface area contributed by atoms with Crippen LogP contribution in [0.1, 0.15) is 24.2 Å². The number of carbonyl (C=O) groups is 1. The van der Waals surface area contributed by atoms with Crippen molar-refractivity contribution in [1.82, 2.24) is 24.4 Å². The zero-order valence-electron chi connectivity index (χ0n) is 16.0. The number of benzene rings is 2. The van der Waals surface area contributed by atoms with Crippen LogP contribution in [-0.4, -0.2) is 30.3 Å². The van der Waals surface area contributed by atoms with E-state index < -0.39 is 0 Å². The number of rotatable bonds is 3. The maximum absolute atomic E-state index is 13.3. The van der Waals surface area contributed by atoms with Gasteiger partial charge in [0.05, 0.1) is 41.8 Å². The van der Waals surface area contributed by atoms with Crippen LogP contribution in [0.5, 0.6) is 0 Å². The Morgan fingerprint density at radius 3 is 2.62 bits per heavy atom. The topological polar surface area (TPSA) is 89.9 Å². The van der Waals surface area contributed by atoms with Crippen LogP contribution in [0, 0.1) is 0 Å². The molecule has 2 aromatic carbocycles. The SMILES string of the molecule is C[C@H](C(=O)N1Cc2nc(N)nc(-c3ccccc3)c2C1)n1cnc2ccccc21. The molecule has 0 unspecified atom stereocenters. The van der Waals surface area contributed by atoms with E-state index >= 15 is 0 Å². The minimum absolute atomic E-state index is 0.0173. The number of nitrogens with two attached hydrogens (primary N) is 1. The third-order valence-corrected chi connectivity index (χ3v) is 5.41. The fraction of sp³-hybridized carbons (Fsp3) is 0.182. The molecule has 0 fully saturated rings. The summed E-state index contributed by atoms with van der Waals surface area (Å²) in [6.07, 6.45) is 1.73. The lowest BCUT2D eigenvalue weighted by molar-refractivity contribution is -0.134. The lowest BCUT2D eigenvalue weighted by Gasteiger charge is -2.21. The van der Waals surface area contributed by atoms with Crippen molar-refractivity contribution >= 4 is 22.9 Å². The smallest absolute Gasteiger partial charge is 0.246 e. The first-order valence-corrected chi connectivity index (χ1v) is 9.53. The Hall–Kier alpha value is -3.74. The molecule has 0 saturated heterocycles. The van der Waals surface area contributed by atoms with Crippen molar-refractivity contribution in [2.45, 2.75) is 26.1 Å². The lowest BCUT2D eigenvalue weighted by Crippen LogP contribution is -2.32. The van der Waals surface area contributed by atoms with Crippen LogP contribution < -0.4 is 5.73 Å². The molecule has 5 rings (SSSR count). The average Bonchev–Trinajstić information content (AvgIpc) is 3.37. The Labute approximate surface area is 167 Å². The van der Waals surface area contributed by atoms with E-state index in [2.05, 4.69) is 15.0 Å². The van der Waals surface area contributed by atoms with E-state index in [0.717, 1.165) is 33.5 Å². The molecule has 7 nitrogen and oxygen atoms in total. The van der Waals surface area contributed by atoms with Gasteiger partial charge in [0.25, 0.3) is 0 Å². The Morgan fingerprint density at radius 2 is 1.79 bits per heavy atom. The molecule has 0 bridgehead atoms. The van der Waals surface area contributed by atoms with E-state index in [9.17, 15) is 4.79 Å². The highest BCUT2D eigenvalue weighted by molar-refractivity contribution is 5.84. The van der Waals surface area contributed by atoms with Crippen molar-refractivity contribution < 1.29 is 4.79 Å². The Bertz CT molecular complexity index is 1220. The molecule has 0 saturated carbocycles. The van der Waals surface area contributed by atoms with E-state index in [-0.39, 0.29) is 17.9 Å². The number of hydrogen-bond donors (Lipinski definition) is 1. The van der Waals surface area contributed by atoms with Gasteiger partial charge in [0.15, 0.2) is 0 Å². The maximum atomic E-state index is 13.3. The lowest BCUT2D eigenvalue weighted by atomic mass is 10.1. The van der Waals surface area contributed by atoms with Crippen LogP contribution in [-0.2, 0) is 17.9 Å². The number of carbonyl (C=O) groups excluding carboxylic acids is 1. The Kier molecular flexibility index (Phi) is 4.01. The molecule has 29 heavy (non-hydrogen) atoms. The third-order valence-electron chi connectivity index (χ3n) is 5.41. The van der Waals surface area contributed by atoms with Gasteiger partial charge >= 0.3 is 0 Å². The summed E-state index contributed by atoms with van der Waals surface area (Å²) in [6, 6.07) is 17.3. The van der Waals surface area contributed by atoms with Crippen LogP contribution in [0.4, 0.5) is 5.95 Å². The number of aromatic nitrogens is 4. The van der Waals surface area contributed by atoms with E-state index in [1.54, 1.807) is 6.33 Å². The first-order valence-electron chi connectivity index (χ1n) is 9.53. The molecule has 1 amide bonds. The molecule has 1 aliphatic rings. The van der Waals surface area contributed by atoms with Crippen molar-refractivity contribution in [3.8, 4) is 11.3 Å². The third kappa shape index (κ3) is 2.91. The van der Waals surface area contributed by atoms with Gasteiger partial charge in [-0.25, -0.2) is 15.0 Å². The minimum Gasteiger partial charge on any atom is -0.368 e. The Balaban J connectivity index is 1.46. The summed E-state index contributed by atoms with van der Waals surface area (Å²) in [4.78, 5) is 28.4. The molecular formula is C22H20N6O. The second kappa shape index (κ2) is 6.70. The summed E-state index contributed by atoms with van der Waals surface area (Å²) < 4.78 is 1.92. The zero-order chi connectivity index (χ0) is 20.0. The summed E-state index contributed by atoms with van der Waals surface area (Å²) in [7, 11) is 0. The standard InChI is InChI=1S/C22H20N6O/c1-14(28-13-24-17-9-5-6-10-19(17)28)21(29)27-11-16-18(12-27)25-22(23)26-20(16)15-7-3-2-4-8-15/h2-10,13-14H,11-12H2,1H3,(H2,23,25,26)/t14-/m1/s1. The predicted octanol–water partition coefficient (Wildman–Crippen LogP) is 3.18. The summed E-state index contributed by atoms with van der Waals surface area (Å²) >= 11 is 0. The van der Waals surface area contributed by atoms with Gasteiger partial charge in [0.1, 0.15) is 6.04 Å². The van der Waals surface area contributed by atoms with Gasteiger partial charge in [-0.2, -0.15) is 0 Å². The van der Waals surface area contributed by atoms with Crippen molar-refractivity contribution in [3.63, 3.8) is 0 Å².